The third-order valence-electron chi connectivity index (χ3n) is 0. The summed E-state index contributed by atoms with van der Waals surface area (Å²) in [5, 5.41) is 0. The van der Waals surface area contributed by atoms with E-state index in [1.54, 1.807) is 0 Å². The Morgan fingerprint density at radius 3 is 0.600 bits per heavy atom. The van der Waals surface area contributed by atoms with E-state index in [-0.39, 0.29) is 59.3 Å². The first-order valence-electron chi connectivity index (χ1n) is 0. The van der Waals surface area contributed by atoms with E-state index >= 15 is 0 Å². The largest absolute Gasteiger partial charge is 3.00 e. The first kappa shape index (κ1) is 108. The Labute approximate surface area is 59.3 Å². The van der Waals surface area contributed by atoms with Gasteiger partial charge in [-0.05, 0) is 0 Å². The van der Waals surface area contributed by atoms with Gasteiger partial charge in [0.25, 0.3) is 0 Å². The van der Waals surface area contributed by atoms with Crippen LogP contribution in [0.1, 0.15) is 0 Å². The SMILES string of the molecule is [Fe+3].[In+3].[O-2].[O-2].[O-2]. The molecule has 29 valence electrons. The van der Waals surface area contributed by atoms with Crippen molar-refractivity contribution in [3.05, 3.63) is 0 Å². The van der Waals surface area contributed by atoms with E-state index in [1.165, 1.54) is 0 Å². The molecule has 0 saturated heterocycles. The maximum Gasteiger partial charge on any atom is 3.00 e. The monoisotopic (exact) mass is 219 g/mol. The van der Waals surface area contributed by atoms with Crippen LogP contribution in [0.4, 0.5) is 0 Å². The van der Waals surface area contributed by atoms with E-state index in [4.69, 9.17) is 0 Å². The molecule has 0 saturated carbocycles. The van der Waals surface area contributed by atoms with Crippen molar-refractivity contribution in [3.8, 4) is 0 Å². The number of rotatable bonds is 0. The van der Waals surface area contributed by atoms with Crippen LogP contribution < -0.4 is 0 Å². The molecule has 0 spiro atoms. The molecule has 5 heteroatoms. The van der Waals surface area contributed by atoms with Crippen molar-refractivity contribution in [3.63, 3.8) is 0 Å². The summed E-state index contributed by atoms with van der Waals surface area (Å²) in [6, 6.07) is 0. The predicted octanol–water partition coefficient (Wildman–Crippen LogP) is -0.740. The van der Waals surface area contributed by atoms with Crippen LogP contribution >= 0.6 is 0 Å². The molecule has 0 unspecified atom stereocenters. The van der Waals surface area contributed by atoms with Gasteiger partial charge in [-0.3, -0.25) is 0 Å². The van der Waals surface area contributed by atoms with E-state index < -0.39 is 0 Å². The maximum atomic E-state index is 0. The number of hydrogen-bond donors (Lipinski definition) is 0. The van der Waals surface area contributed by atoms with E-state index in [1.807, 2.05) is 0 Å². The fourth-order valence-corrected chi connectivity index (χ4v) is 0. The normalized spacial score (nSPS) is 0. The van der Waals surface area contributed by atoms with Gasteiger partial charge in [-0.15, -0.1) is 0 Å². The van der Waals surface area contributed by atoms with Crippen LogP contribution in [0.2, 0.25) is 0 Å². The molecule has 0 amide bonds. The molecule has 0 N–H and O–H groups in total. The van der Waals surface area contributed by atoms with Crippen molar-refractivity contribution < 1.29 is 33.5 Å². The Hall–Kier alpha value is 1.27. The van der Waals surface area contributed by atoms with Crippen molar-refractivity contribution in [2.24, 2.45) is 0 Å². The van der Waals surface area contributed by atoms with E-state index in [0.29, 0.717) is 0 Å². The number of hydrogen-bond acceptors (Lipinski definition) is 0. The quantitative estimate of drug-likeness (QED) is 0.480. The molecule has 0 atom stereocenters. The molecule has 0 fully saturated rings. The summed E-state index contributed by atoms with van der Waals surface area (Å²) in [4.78, 5) is 0. The summed E-state index contributed by atoms with van der Waals surface area (Å²) in [6.07, 6.45) is 0. The van der Waals surface area contributed by atoms with Gasteiger partial charge in [0.15, 0.2) is 0 Å². The molecule has 0 aliphatic heterocycles. The van der Waals surface area contributed by atoms with Crippen molar-refractivity contribution >= 4 is 25.8 Å². The fraction of sp³-hybridized carbons (Fsp3) is 0. The van der Waals surface area contributed by atoms with Gasteiger partial charge in [0.1, 0.15) is 0 Å². The van der Waals surface area contributed by atoms with Gasteiger partial charge >= 0.3 is 42.9 Å². The average Bonchev–Trinajstić information content (AvgIpc) is 0. The fourth-order valence-electron chi connectivity index (χ4n) is 0. The molecule has 0 aliphatic rings. The third-order valence-corrected chi connectivity index (χ3v) is 0. The minimum atomic E-state index is 0. The molecule has 0 aromatic carbocycles. The summed E-state index contributed by atoms with van der Waals surface area (Å²) in [5.41, 5.74) is 0. The van der Waals surface area contributed by atoms with Gasteiger partial charge in [-0.2, -0.15) is 0 Å². The zero-order chi connectivity index (χ0) is 0. The Balaban J connectivity index is 0. The Morgan fingerprint density at radius 2 is 0.600 bits per heavy atom. The second kappa shape index (κ2) is 59.6. The minimum Gasteiger partial charge on any atom is -2.00 e. The Kier molecular flexibility index (Phi) is 1290. The summed E-state index contributed by atoms with van der Waals surface area (Å²) < 4.78 is 0. The summed E-state index contributed by atoms with van der Waals surface area (Å²) in [5.74, 6) is 0. The summed E-state index contributed by atoms with van der Waals surface area (Å²) in [6.45, 7) is 0. The minimum absolute atomic E-state index is 0. The molecule has 0 heterocycles. The summed E-state index contributed by atoms with van der Waals surface area (Å²) in [7, 11) is 0. The Bertz CT molecular complexity index is 6.85. The molecule has 1 radical (unpaired) electrons. The topological polar surface area (TPSA) is 85.5 Å². The molecule has 3 nitrogen and oxygen atoms in total. The molecule has 0 rings (SSSR count). The van der Waals surface area contributed by atoms with Crippen molar-refractivity contribution in [1.82, 2.24) is 0 Å². The third kappa shape index (κ3) is 34.9. The zero-order valence-corrected chi connectivity index (χ0v) is 6.56. The molecular weight excluding hydrogens is 219 g/mol. The first-order chi connectivity index (χ1) is 0. The standard InChI is InChI=1S/Fe.In.3O/q2*+3;3*-2. The molecule has 0 aliphatic carbocycles. The van der Waals surface area contributed by atoms with Crippen molar-refractivity contribution in [1.29, 1.82) is 0 Å². The van der Waals surface area contributed by atoms with Crippen LogP contribution in [0.15, 0.2) is 0 Å². The van der Waals surface area contributed by atoms with Gasteiger partial charge in [-0.25, -0.2) is 0 Å². The maximum absolute atomic E-state index is 0. The van der Waals surface area contributed by atoms with Gasteiger partial charge in [-0.1, -0.05) is 0 Å². The van der Waals surface area contributed by atoms with Gasteiger partial charge in [0.2, 0.25) is 0 Å². The second-order valence-electron chi connectivity index (χ2n) is 0. The van der Waals surface area contributed by atoms with Crippen LogP contribution in [0.3, 0.4) is 0 Å². The second-order valence-corrected chi connectivity index (χ2v) is 0. The Morgan fingerprint density at radius 1 is 0.600 bits per heavy atom. The zero-order valence-electron chi connectivity index (χ0n) is 2.16. The van der Waals surface area contributed by atoms with Crippen LogP contribution in [-0.2, 0) is 33.5 Å². The average molecular weight is 219 g/mol. The smallest absolute Gasteiger partial charge is 2.00 e. The molecule has 5 heavy (non-hydrogen) atoms. The van der Waals surface area contributed by atoms with E-state index in [9.17, 15) is 0 Å². The molecule has 0 bridgehead atoms. The first-order valence-corrected chi connectivity index (χ1v) is 0. The van der Waals surface area contributed by atoms with E-state index in [0.717, 1.165) is 0 Å². The van der Waals surface area contributed by atoms with Crippen LogP contribution in [0.25, 0.3) is 0 Å². The van der Waals surface area contributed by atoms with Crippen LogP contribution in [-0.4, -0.2) is 25.8 Å². The molecule has 0 aromatic heterocycles. The van der Waals surface area contributed by atoms with Crippen molar-refractivity contribution in [2.75, 3.05) is 0 Å². The van der Waals surface area contributed by atoms with Crippen LogP contribution in [0.5, 0.6) is 0 Å². The van der Waals surface area contributed by atoms with Gasteiger partial charge in [0.05, 0.1) is 0 Å². The molecule has 0 aromatic rings. The van der Waals surface area contributed by atoms with Gasteiger partial charge < -0.3 is 16.4 Å². The van der Waals surface area contributed by atoms with Crippen molar-refractivity contribution in [2.45, 2.75) is 0 Å². The molecular formula is FeInO3. The van der Waals surface area contributed by atoms with E-state index in [2.05, 4.69) is 0 Å². The predicted molar refractivity (Wildman–Crippen MR) is 7.81 cm³/mol. The summed E-state index contributed by atoms with van der Waals surface area (Å²) >= 11 is 0. The van der Waals surface area contributed by atoms with Crippen LogP contribution in [0, 0.1) is 0 Å². The van der Waals surface area contributed by atoms with Gasteiger partial charge in [0, 0.05) is 0 Å².